The summed E-state index contributed by atoms with van der Waals surface area (Å²) >= 11 is 5.39. The molecule has 146 valence electrons. The van der Waals surface area contributed by atoms with Crippen molar-refractivity contribution in [3.63, 3.8) is 0 Å². The van der Waals surface area contributed by atoms with Crippen LogP contribution in [0.4, 0.5) is 11.4 Å². The fourth-order valence-electron chi connectivity index (χ4n) is 5.96. The van der Waals surface area contributed by atoms with Crippen molar-refractivity contribution in [2.24, 2.45) is 17.3 Å². The monoisotopic (exact) mass is 458 g/mol. The second-order valence-corrected chi connectivity index (χ2v) is 11.5. The third-order valence-electron chi connectivity index (χ3n) is 6.59. The average Bonchev–Trinajstić information content (AvgIpc) is 3.14. The molecule has 2 aromatic rings. The van der Waals surface area contributed by atoms with Gasteiger partial charge in [0.2, 0.25) is 5.91 Å². The molecular formula is C22H23BrN2O2S. The van der Waals surface area contributed by atoms with E-state index in [9.17, 15) is 9.59 Å². The Morgan fingerprint density at radius 1 is 1.00 bits per heavy atom. The molecule has 6 heteroatoms. The van der Waals surface area contributed by atoms with Crippen LogP contribution >= 0.6 is 27.3 Å². The molecule has 4 saturated carbocycles. The molecule has 4 bridgehead atoms. The number of thiophene rings is 1. The van der Waals surface area contributed by atoms with Gasteiger partial charge in [-0.3, -0.25) is 9.59 Å². The number of carbonyl (C=O) groups excluding carboxylic acids is 2. The zero-order chi connectivity index (χ0) is 19.4. The van der Waals surface area contributed by atoms with Gasteiger partial charge >= 0.3 is 0 Å². The van der Waals surface area contributed by atoms with Crippen molar-refractivity contribution < 1.29 is 9.59 Å². The number of nitrogens with one attached hydrogen (secondary N) is 2. The number of amides is 2. The predicted molar refractivity (Wildman–Crippen MR) is 116 cm³/mol. The molecule has 6 rings (SSSR count). The van der Waals surface area contributed by atoms with Crippen LogP contribution in [-0.4, -0.2) is 16.1 Å². The lowest BCUT2D eigenvalue weighted by Crippen LogP contribution is -2.57. The molecule has 4 aliphatic carbocycles. The molecular weight excluding hydrogens is 436 g/mol. The first-order valence-corrected chi connectivity index (χ1v) is 11.6. The van der Waals surface area contributed by atoms with Gasteiger partial charge < -0.3 is 10.6 Å². The van der Waals surface area contributed by atoms with Crippen LogP contribution in [0.15, 0.2) is 41.8 Å². The van der Waals surface area contributed by atoms with E-state index in [1.54, 1.807) is 6.07 Å². The smallest absolute Gasteiger partial charge is 0.265 e. The molecule has 0 radical (unpaired) electrons. The van der Waals surface area contributed by atoms with Crippen LogP contribution in [0, 0.1) is 17.3 Å². The largest absolute Gasteiger partial charge is 0.326 e. The number of halogens is 1. The highest BCUT2D eigenvalue weighted by atomic mass is 79.9. The topological polar surface area (TPSA) is 58.2 Å². The SMILES string of the molecule is O=C(Nc1cccc(NC(=O)C23CC4CC(CC(Br)(C4)C2)C3)c1)c1cccs1. The summed E-state index contributed by atoms with van der Waals surface area (Å²) in [6.07, 6.45) is 6.67. The number of hydrogen-bond acceptors (Lipinski definition) is 3. The van der Waals surface area contributed by atoms with E-state index in [1.165, 1.54) is 30.6 Å². The summed E-state index contributed by atoms with van der Waals surface area (Å²) in [6.45, 7) is 0. The van der Waals surface area contributed by atoms with E-state index in [0.717, 1.165) is 24.9 Å². The van der Waals surface area contributed by atoms with Crippen LogP contribution in [0.2, 0.25) is 0 Å². The van der Waals surface area contributed by atoms with Crippen LogP contribution in [0.3, 0.4) is 0 Å². The lowest BCUT2D eigenvalue weighted by atomic mass is 9.49. The molecule has 4 aliphatic rings. The molecule has 2 atom stereocenters. The maximum atomic E-state index is 13.3. The third-order valence-corrected chi connectivity index (χ3v) is 8.39. The Hall–Kier alpha value is -1.66. The molecule has 0 aliphatic heterocycles. The summed E-state index contributed by atoms with van der Waals surface area (Å²) in [5.41, 5.74) is 1.19. The highest BCUT2D eigenvalue weighted by Crippen LogP contribution is 2.64. The van der Waals surface area contributed by atoms with Crippen molar-refractivity contribution in [1.29, 1.82) is 0 Å². The van der Waals surface area contributed by atoms with Crippen molar-refractivity contribution in [1.82, 2.24) is 0 Å². The molecule has 2 amide bonds. The van der Waals surface area contributed by atoms with E-state index in [2.05, 4.69) is 26.6 Å². The van der Waals surface area contributed by atoms with Crippen LogP contribution in [0.5, 0.6) is 0 Å². The fraction of sp³-hybridized carbons (Fsp3) is 0.455. The Kier molecular flexibility index (Phi) is 4.40. The molecule has 1 heterocycles. The Labute approximate surface area is 177 Å². The Morgan fingerprint density at radius 3 is 2.36 bits per heavy atom. The number of hydrogen-bond donors (Lipinski definition) is 2. The van der Waals surface area contributed by atoms with Gasteiger partial charge in [-0.05, 0) is 80.0 Å². The molecule has 1 aromatic heterocycles. The highest BCUT2D eigenvalue weighted by Gasteiger charge is 2.59. The Bertz CT molecular complexity index is 912. The van der Waals surface area contributed by atoms with Crippen LogP contribution in [0.1, 0.15) is 48.2 Å². The average molecular weight is 459 g/mol. The van der Waals surface area contributed by atoms with Gasteiger partial charge in [-0.1, -0.05) is 28.1 Å². The maximum Gasteiger partial charge on any atom is 0.265 e. The van der Waals surface area contributed by atoms with Crippen molar-refractivity contribution in [3.8, 4) is 0 Å². The minimum atomic E-state index is -0.246. The minimum Gasteiger partial charge on any atom is -0.326 e. The number of alkyl halides is 1. The van der Waals surface area contributed by atoms with E-state index >= 15 is 0 Å². The first-order valence-electron chi connectivity index (χ1n) is 9.88. The van der Waals surface area contributed by atoms with Gasteiger partial charge in [0.25, 0.3) is 5.91 Å². The van der Waals surface area contributed by atoms with Crippen LogP contribution in [0.25, 0.3) is 0 Å². The quantitative estimate of drug-likeness (QED) is 0.579. The van der Waals surface area contributed by atoms with Gasteiger partial charge in [-0.2, -0.15) is 0 Å². The molecule has 2 N–H and O–H groups in total. The van der Waals surface area contributed by atoms with Crippen LogP contribution in [-0.2, 0) is 4.79 Å². The molecule has 0 spiro atoms. The number of benzene rings is 1. The molecule has 4 fully saturated rings. The van der Waals surface area contributed by atoms with Crippen LogP contribution < -0.4 is 10.6 Å². The molecule has 1 aromatic carbocycles. The fourth-order valence-corrected chi connectivity index (χ4v) is 8.03. The minimum absolute atomic E-state index is 0.124. The molecule has 4 nitrogen and oxygen atoms in total. The standard InChI is InChI=1S/C22H23BrN2O2S/c23-22-11-14-7-15(12-22)10-21(9-14,13-22)20(27)25-17-4-1-3-16(8-17)24-19(26)18-5-2-6-28-18/h1-6,8,14-15H,7,9-13H2,(H,24,26)(H,25,27). The molecule has 0 saturated heterocycles. The van der Waals surface area contributed by atoms with E-state index in [-0.39, 0.29) is 21.6 Å². The summed E-state index contributed by atoms with van der Waals surface area (Å²) < 4.78 is 0.158. The van der Waals surface area contributed by atoms with Gasteiger partial charge in [-0.15, -0.1) is 11.3 Å². The molecule has 2 unspecified atom stereocenters. The van der Waals surface area contributed by atoms with Gasteiger partial charge in [0.1, 0.15) is 0 Å². The second-order valence-electron chi connectivity index (χ2n) is 8.86. The predicted octanol–water partition coefficient (Wildman–Crippen LogP) is 5.67. The summed E-state index contributed by atoms with van der Waals surface area (Å²) in [5.74, 6) is 1.36. The summed E-state index contributed by atoms with van der Waals surface area (Å²) in [6, 6.07) is 11.1. The van der Waals surface area contributed by atoms with Crippen molar-refractivity contribution in [3.05, 3.63) is 46.7 Å². The first-order chi connectivity index (χ1) is 13.4. The van der Waals surface area contributed by atoms with E-state index in [1.807, 2.05) is 35.7 Å². The van der Waals surface area contributed by atoms with Crippen molar-refractivity contribution in [2.75, 3.05) is 10.6 Å². The van der Waals surface area contributed by atoms with Gasteiger partial charge in [0, 0.05) is 15.7 Å². The normalized spacial score (nSPS) is 32.9. The zero-order valence-electron chi connectivity index (χ0n) is 15.5. The van der Waals surface area contributed by atoms with E-state index in [4.69, 9.17) is 0 Å². The molecule has 28 heavy (non-hydrogen) atoms. The van der Waals surface area contributed by atoms with Gasteiger partial charge in [-0.25, -0.2) is 0 Å². The van der Waals surface area contributed by atoms with Crippen molar-refractivity contribution in [2.45, 2.75) is 42.8 Å². The summed E-state index contributed by atoms with van der Waals surface area (Å²) in [5, 5.41) is 7.95. The lowest BCUT2D eigenvalue weighted by molar-refractivity contribution is -0.138. The zero-order valence-corrected chi connectivity index (χ0v) is 17.9. The second kappa shape index (κ2) is 6.70. The van der Waals surface area contributed by atoms with Gasteiger partial charge in [0.05, 0.1) is 10.3 Å². The first kappa shape index (κ1) is 18.4. The van der Waals surface area contributed by atoms with E-state index in [0.29, 0.717) is 22.4 Å². The third kappa shape index (κ3) is 3.30. The number of anilines is 2. The number of carbonyl (C=O) groups is 2. The Balaban J connectivity index is 1.31. The highest BCUT2D eigenvalue weighted by molar-refractivity contribution is 9.10. The van der Waals surface area contributed by atoms with Gasteiger partial charge in [0.15, 0.2) is 0 Å². The lowest BCUT2D eigenvalue weighted by Gasteiger charge is -2.59. The maximum absolute atomic E-state index is 13.3. The Morgan fingerprint density at radius 2 is 1.71 bits per heavy atom. The van der Waals surface area contributed by atoms with Crippen molar-refractivity contribution >= 4 is 50.5 Å². The number of rotatable bonds is 4. The van der Waals surface area contributed by atoms with E-state index < -0.39 is 0 Å². The summed E-state index contributed by atoms with van der Waals surface area (Å²) in [7, 11) is 0. The summed E-state index contributed by atoms with van der Waals surface area (Å²) in [4.78, 5) is 26.3.